The van der Waals surface area contributed by atoms with Crippen LogP contribution >= 0.6 is 0 Å². The molecule has 2 aliphatic rings. The van der Waals surface area contributed by atoms with E-state index in [1.807, 2.05) is 6.08 Å². The highest BCUT2D eigenvalue weighted by molar-refractivity contribution is 7.92. The van der Waals surface area contributed by atoms with Crippen molar-refractivity contribution in [2.24, 2.45) is 0 Å². The fraction of sp³-hybridized carbons (Fsp3) is 0.200. The van der Waals surface area contributed by atoms with E-state index >= 15 is 0 Å². The second-order valence-corrected chi connectivity index (χ2v) is 7.10. The van der Waals surface area contributed by atoms with Crippen molar-refractivity contribution in [3.05, 3.63) is 65.0 Å². The number of anilines is 1. The fourth-order valence-corrected chi connectivity index (χ4v) is 3.13. The summed E-state index contributed by atoms with van der Waals surface area (Å²) >= 11 is 0. The zero-order valence-corrected chi connectivity index (χ0v) is 13.0. The highest BCUT2D eigenvalue weighted by Gasteiger charge is 2.25. The number of sulfonamides is 1. The highest BCUT2D eigenvalue weighted by atomic mass is 32.2. The van der Waals surface area contributed by atoms with E-state index in [4.69, 9.17) is 0 Å². The third-order valence-corrected chi connectivity index (χ3v) is 4.18. The van der Waals surface area contributed by atoms with Crippen LogP contribution in [-0.4, -0.2) is 20.8 Å². The van der Waals surface area contributed by atoms with Crippen LogP contribution in [0.25, 0.3) is 0 Å². The summed E-state index contributed by atoms with van der Waals surface area (Å²) in [6.45, 7) is 0. The van der Waals surface area contributed by atoms with Crippen LogP contribution in [0.3, 0.4) is 0 Å². The number of nitrogens with one attached hydrogen (secondary N) is 3. The molecule has 122 valence electrons. The molecular weight excluding hydrogens is 324 g/mol. The van der Waals surface area contributed by atoms with Gasteiger partial charge in [0.05, 0.1) is 11.9 Å². The van der Waals surface area contributed by atoms with Crippen LogP contribution in [0.1, 0.15) is 5.56 Å². The Hall–Kier alpha value is -2.35. The molecule has 0 bridgehead atoms. The summed E-state index contributed by atoms with van der Waals surface area (Å²) in [6.07, 6.45) is 7.96. The van der Waals surface area contributed by atoms with Crippen molar-refractivity contribution < 1.29 is 17.2 Å². The van der Waals surface area contributed by atoms with Crippen LogP contribution in [0, 0.1) is 11.6 Å². The van der Waals surface area contributed by atoms with Crippen molar-refractivity contribution in [3.8, 4) is 0 Å². The summed E-state index contributed by atoms with van der Waals surface area (Å²) in [7, 11) is -3.65. The molecular formula is C15H15F2N3O2S. The molecule has 1 unspecified atom stereocenters. The van der Waals surface area contributed by atoms with Crippen LogP contribution in [0.5, 0.6) is 0 Å². The van der Waals surface area contributed by atoms with Gasteiger partial charge in [0, 0.05) is 18.2 Å². The molecule has 2 aliphatic heterocycles. The molecule has 0 aliphatic carbocycles. The van der Waals surface area contributed by atoms with E-state index in [-0.39, 0.29) is 23.8 Å². The smallest absolute Gasteiger partial charge is 0.229 e. The van der Waals surface area contributed by atoms with Gasteiger partial charge in [-0.25, -0.2) is 17.2 Å². The summed E-state index contributed by atoms with van der Waals surface area (Å²) in [6, 6.07) is 2.13. The SMILES string of the molecule is CS(=O)(=O)Nc1ccc(F)c(CC2=CNC3NC=CC=C23)c1F. The van der Waals surface area contributed by atoms with Crippen molar-refractivity contribution in [2.45, 2.75) is 12.6 Å². The lowest BCUT2D eigenvalue weighted by Gasteiger charge is -2.18. The average Bonchev–Trinajstić information content (AvgIpc) is 2.89. The summed E-state index contributed by atoms with van der Waals surface area (Å²) < 4.78 is 53.1. The second-order valence-electron chi connectivity index (χ2n) is 5.36. The molecule has 0 fully saturated rings. The largest absolute Gasteiger partial charge is 0.368 e. The standard InChI is InChI=1S/C15H15F2N3O2S/c1-23(21,22)20-13-5-4-12(16)11(14(13)17)7-9-8-19-15-10(9)3-2-6-18-15/h2-6,8,15,18-20H,7H2,1H3. The van der Waals surface area contributed by atoms with Crippen LogP contribution in [-0.2, 0) is 16.4 Å². The van der Waals surface area contributed by atoms with Gasteiger partial charge in [-0.3, -0.25) is 4.72 Å². The molecule has 0 amide bonds. The topological polar surface area (TPSA) is 70.2 Å². The van der Waals surface area contributed by atoms with Gasteiger partial charge in [-0.05, 0) is 35.6 Å². The number of hydrogen-bond acceptors (Lipinski definition) is 4. The minimum absolute atomic E-state index is 0.0157. The highest BCUT2D eigenvalue weighted by Crippen LogP contribution is 2.29. The molecule has 23 heavy (non-hydrogen) atoms. The first kappa shape index (κ1) is 15.5. The predicted octanol–water partition coefficient (Wildman–Crippen LogP) is 1.74. The zero-order chi connectivity index (χ0) is 16.6. The Bertz CT molecular complexity index is 845. The predicted molar refractivity (Wildman–Crippen MR) is 83.9 cm³/mol. The normalized spacial score (nSPS) is 19.3. The molecule has 3 rings (SSSR count). The number of allylic oxidation sites excluding steroid dienone is 2. The Morgan fingerprint density at radius 1 is 1.26 bits per heavy atom. The minimum Gasteiger partial charge on any atom is -0.368 e. The molecule has 8 heteroatoms. The Balaban J connectivity index is 1.93. The first-order chi connectivity index (χ1) is 10.8. The van der Waals surface area contributed by atoms with Crippen molar-refractivity contribution in [2.75, 3.05) is 11.0 Å². The van der Waals surface area contributed by atoms with Crippen molar-refractivity contribution in [1.82, 2.24) is 10.6 Å². The molecule has 3 N–H and O–H groups in total. The average molecular weight is 339 g/mol. The Morgan fingerprint density at radius 3 is 2.78 bits per heavy atom. The first-order valence-corrected chi connectivity index (χ1v) is 8.77. The van der Waals surface area contributed by atoms with E-state index in [1.165, 1.54) is 0 Å². The van der Waals surface area contributed by atoms with Gasteiger partial charge in [0.1, 0.15) is 12.0 Å². The van der Waals surface area contributed by atoms with Gasteiger partial charge in [0.2, 0.25) is 10.0 Å². The maximum Gasteiger partial charge on any atom is 0.229 e. The van der Waals surface area contributed by atoms with Crippen molar-refractivity contribution in [3.63, 3.8) is 0 Å². The third-order valence-electron chi connectivity index (χ3n) is 3.59. The van der Waals surface area contributed by atoms with Gasteiger partial charge in [0.25, 0.3) is 0 Å². The maximum atomic E-state index is 14.5. The summed E-state index contributed by atoms with van der Waals surface area (Å²) in [4.78, 5) is 0. The van der Waals surface area contributed by atoms with Gasteiger partial charge in [-0.2, -0.15) is 0 Å². The summed E-state index contributed by atoms with van der Waals surface area (Å²) in [5, 5.41) is 6.15. The van der Waals surface area contributed by atoms with E-state index < -0.39 is 21.7 Å². The third kappa shape index (κ3) is 3.21. The summed E-state index contributed by atoms with van der Waals surface area (Å²) in [5.41, 5.74) is 1.19. The van der Waals surface area contributed by atoms with Gasteiger partial charge in [-0.15, -0.1) is 0 Å². The Morgan fingerprint density at radius 2 is 2.04 bits per heavy atom. The van der Waals surface area contributed by atoms with Crippen LogP contribution < -0.4 is 15.4 Å². The Labute approximate surface area is 132 Å². The second kappa shape index (κ2) is 5.69. The molecule has 1 atom stereocenters. The number of hydrogen-bond donors (Lipinski definition) is 3. The van der Waals surface area contributed by atoms with Crippen molar-refractivity contribution >= 4 is 15.7 Å². The van der Waals surface area contributed by atoms with E-state index in [9.17, 15) is 17.2 Å². The van der Waals surface area contributed by atoms with Gasteiger partial charge in [0.15, 0.2) is 5.82 Å². The molecule has 5 nitrogen and oxygen atoms in total. The number of fused-ring (bicyclic) bond motifs is 1. The Kier molecular flexibility index (Phi) is 3.85. The number of rotatable bonds is 4. The molecule has 2 heterocycles. The molecule has 1 aromatic rings. The summed E-state index contributed by atoms with van der Waals surface area (Å²) in [5.74, 6) is -1.62. The van der Waals surface area contributed by atoms with Gasteiger partial charge in [-0.1, -0.05) is 6.08 Å². The molecule has 0 radical (unpaired) electrons. The van der Waals surface area contributed by atoms with Gasteiger partial charge < -0.3 is 10.6 Å². The number of dihydropyridines is 1. The minimum atomic E-state index is -3.65. The number of halogens is 2. The lowest BCUT2D eigenvalue weighted by Crippen LogP contribution is -2.35. The molecule has 1 aromatic carbocycles. The van der Waals surface area contributed by atoms with Crippen LogP contribution in [0.2, 0.25) is 0 Å². The van der Waals surface area contributed by atoms with Gasteiger partial charge >= 0.3 is 0 Å². The van der Waals surface area contributed by atoms with E-state index in [0.717, 1.165) is 29.5 Å². The van der Waals surface area contributed by atoms with Crippen molar-refractivity contribution in [1.29, 1.82) is 0 Å². The first-order valence-electron chi connectivity index (χ1n) is 6.88. The quantitative estimate of drug-likeness (QED) is 0.781. The molecule has 0 saturated carbocycles. The van der Waals surface area contributed by atoms with E-state index in [1.54, 1.807) is 18.5 Å². The van der Waals surface area contributed by atoms with Crippen LogP contribution in [0.15, 0.2) is 47.8 Å². The fourth-order valence-electron chi connectivity index (χ4n) is 2.57. The number of benzene rings is 1. The lowest BCUT2D eigenvalue weighted by molar-refractivity contribution is 0.562. The molecule has 0 spiro atoms. The van der Waals surface area contributed by atoms with E-state index in [2.05, 4.69) is 15.4 Å². The monoisotopic (exact) mass is 339 g/mol. The zero-order valence-electron chi connectivity index (χ0n) is 12.2. The lowest BCUT2D eigenvalue weighted by atomic mass is 9.97. The molecule has 0 aromatic heterocycles. The maximum absolute atomic E-state index is 14.5. The van der Waals surface area contributed by atoms with Crippen LogP contribution in [0.4, 0.5) is 14.5 Å². The van der Waals surface area contributed by atoms with E-state index in [0.29, 0.717) is 0 Å². The molecule has 0 saturated heterocycles.